The summed E-state index contributed by atoms with van der Waals surface area (Å²) < 4.78 is 28.1. The summed E-state index contributed by atoms with van der Waals surface area (Å²) in [5, 5.41) is 7.42. The molecule has 0 amide bonds. The molecule has 1 fully saturated rings. The van der Waals surface area contributed by atoms with Gasteiger partial charge in [0, 0.05) is 19.6 Å². The predicted octanol–water partition coefficient (Wildman–Crippen LogP) is 0.455. The lowest BCUT2D eigenvalue weighted by atomic mass is 10.0. The molecule has 1 aromatic rings. The van der Waals surface area contributed by atoms with Crippen LogP contribution < -0.4 is 0 Å². The Morgan fingerprint density at radius 2 is 2.20 bits per heavy atom. The summed E-state index contributed by atoms with van der Waals surface area (Å²) in [5.74, 6) is 0. The zero-order chi connectivity index (χ0) is 14.9. The highest BCUT2D eigenvalue weighted by molar-refractivity contribution is 9.10. The maximum atomic E-state index is 12.7. The van der Waals surface area contributed by atoms with E-state index in [0.717, 1.165) is 0 Å². The molecule has 2 unspecified atom stereocenters. The molecule has 10 heteroatoms. The normalized spacial score (nSPS) is 24.4. The van der Waals surface area contributed by atoms with Crippen LogP contribution >= 0.6 is 15.9 Å². The number of aryl methyl sites for hydroxylation is 1. The Balaban J connectivity index is 2.30. The van der Waals surface area contributed by atoms with Crippen molar-refractivity contribution in [1.29, 1.82) is 0 Å². The van der Waals surface area contributed by atoms with Crippen molar-refractivity contribution in [3.63, 3.8) is 0 Å². The van der Waals surface area contributed by atoms with E-state index in [-0.39, 0.29) is 21.7 Å². The quantitative estimate of drug-likeness (QED) is 0.573. The Kier molecular flexibility index (Phi) is 4.38. The average molecular weight is 364 g/mol. The summed E-state index contributed by atoms with van der Waals surface area (Å²) in [7, 11) is -2.16. The molecule has 0 radical (unpaired) electrons. The first kappa shape index (κ1) is 15.3. The van der Waals surface area contributed by atoms with Crippen LogP contribution in [-0.4, -0.2) is 52.4 Å². The molecule has 1 saturated heterocycles. The molecule has 8 nitrogen and oxygen atoms in total. The van der Waals surface area contributed by atoms with E-state index in [9.17, 15) is 13.2 Å². The molecular weight excluding hydrogens is 350 g/mol. The Labute approximate surface area is 125 Å². The van der Waals surface area contributed by atoms with Crippen molar-refractivity contribution >= 4 is 32.0 Å². The van der Waals surface area contributed by atoms with Gasteiger partial charge in [0.15, 0.2) is 4.60 Å². The third-order valence-electron chi connectivity index (χ3n) is 3.31. The Morgan fingerprint density at radius 1 is 1.50 bits per heavy atom. The number of aromatic nitrogens is 3. The Morgan fingerprint density at radius 3 is 2.70 bits per heavy atom. The summed E-state index contributed by atoms with van der Waals surface area (Å²) in [5.41, 5.74) is 0. The largest absolute Gasteiger partial charge is 0.263 e. The SMILES string of the molecule is CC1CC(N=C=O)CCN1S(=O)(=O)c1c(Br)nnn1C. The number of hydrogen-bond acceptors (Lipinski definition) is 6. The van der Waals surface area contributed by atoms with E-state index in [0.29, 0.717) is 19.4 Å². The topological polar surface area (TPSA) is 97.5 Å². The fraction of sp³-hybridized carbons (Fsp3) is 0.700. The summed E-state index contributed by atoms with van der Waals surface area (Å²) >= 11 is 3.11. The highest BCUT2D eigenvalue weighted by Gasteiger charge is 2.37. The second-order valence-corrected chi connectivity index (χ2v) is 7.23. The minimum atomic E-state index is -3.68. The Bertz CT molecular complexity index is 632. The standard InChI is InChI=1S/C10H14BrN5O3S/c1-7-5-8(12-6-17)3-4-16(7)20(18,19)10-9(11)13-14-15(10)2/h7-8H,3-5H2,1-2H3. The second-order valence-electron chi connectivity index (χ2n) is 4.67. The molecule has 2 atom stereocenters. The number of sulfonamides is 1. The molecule has 2 heterocycles. The molecule has 1 aliphatic heterocycles. The molecule has 0 saturated carbocycles. The van der Waals surface area contributed by atoms with Crippen molar-refractivity contribution in [3.8, 4) is 0 Å². The van der Waals surface area contributed by atoms with Crippen molar-refractivity contribution in [1.82, 2.24) is 19.3 Å². The van der Waals surface area contributed by atoms with E-state index in [4.69, 9.17) is 0 Å². The van der Waals surface area contributed by atoms with Crippen LogP contribution in [0.15, 0.2) is 14.6 Å². The fourth-order valence-corrected chi connectivity index (χ4v) is 5.08. The smallest absolute Gasteiger partial charge is 0.235 e. The van der Waals surface area contributed by atoms with Gasteiger partial charge >= 0.3 is 0 Å². The number of nitrogens with zero attached hydrogens (tertiary/aromatic N) is 5. The lowest BCUT2D eigenvalue weighted by Gasteiger charge is -2.34. The highest BCUT2D eigenvalue weighted by Crippen LogP contribution is 2.28. The number of halogens is 1. The molecular formula is C10H14BrN5O3S. The van der Waals surface area contributed by atoms with Crippen LogP contribution in [-0.2, 0) is 21.9 Å². The van der Waals surface area contributed by atoms with Gasteiger partial charge in [-0.25, -0.2) is 22.9 Å². The first-order valence-electron chi connectivity index (χ1n) is 6.02. The molecule has 0 N–H and O–H groups in total. The molecule has 1 aliphatic rings. The molecule has 2 rings (SSSR count). The monoisotopic (exact) mass is 363 g/mol. The lowest BCUT2D eigenvalue weighted by Crippen LogP contribution is -2.46. The van der Waals surface area contributed by atoms with E-state index in [1.807, 2.05) is 0 Å². The van der Waals surface area contributed by atoms with Gasteiger partial charge in [0.1, 0.15) is 0 Å². The van der Waals surface area contributed by atoms with Gasteiger partial charge in [-0.05, 0) is 35.7 Å². The van der Waals surface area contributed by atoms with Gasteiger partial charge in [-0.2, -0.15) is 4.31 Å². The van der Waals surface area contributed by atoms with Crippen molar-refractivity contribution in [2.75, 3.05) is 6.54 Å². The van der Waals surface area contributed by atoms with Crippen LogP contribution in [0.1, 0.15) is 19.8 Å². The Hall–Kier alpha value is -1.09. The van der Waals surface area contributed by atoms with Crippen molar-refractivity contribution in [2.24, 2.45) is 12.0 Å². The summed E-state index contributed by atoms with van der Waals surface area (Å²) in [6, 6.07) is -0.417. The molecule has 110 valence electrons. The maximum absolute atomic E-state index is 12.7. The minimum absolute atomic E-state index is 0.0293. The van der Waals surface area contributed by atoms with Gasteiger partial charge in [0.05, 0.1) is 6.04 Å². The van der Waals surface area contributed by atoms with Crippen molar-refractivity contribution < 1.29 is 13.2 Å². The zero-order valence-electron chi connectivity index (χ0n) is 11.0. The zero-order valence-corrected chi connectivity index (χ0v) is 13.4. The number of aliphatic imine (C=N–C) groups is 1. The summed E-state index contributed by atoms with van der Waals surface area (Å²) in [6.45, 7) is 2.10. The predicted molar refractivity (Wildman–Crippen MR) is 73.2 cm³/mol. The first-order chi connectivity index (χ1) is 9.37. The second kappa shape index (κ2) is 5.72. The lowest BCUT2D eigenvalue weighted by molar-refractivity contribution is 0.246. The van der Waals surface area contributed by atoms with Crippen molar-refractivity contribution in [3.05, 3.63) is 4.60 Å². The van der Waals surface area contributed by atoms with Gasteiger partial charge in [-0.1, -0.05) is 5.21 Å². The van der Waals surface area contributed by atoms with Crippen LogP contribution in [0.5, 0.6) is 0 Å². The van der Waals surface area contributed by atoms with Crippen LogP contribution in [0.2, 0.25) is 0 Å². The number of hydrogen-bond donors (Lipinski definition) is 0. The first-order valence-corrected chi connectivity index (χ1v) is 8.25. The van der Waals surface area contributed by atoms with E-state index < -0.39 is 10.0 Å². The van der Waals surface area contributed by atoms with Crippen molar-refractivity contribution in [2.45, 2.75) is 36.9 Å². The molecule has 0 bridgehead atoms. The minimum Gasteiger partial charge on any atom is -0.235 e. The number of rotatable bonds is 3. The third kappa shape index (κ3) is 2.69. The highest BCUT2D eigenvalue weighted by atomic mass is 79.9. The summed E-state index contributed by atoms with van der Waals surface area (Å²) in [4.78, 5) is 14.0. The fourth-order valence-electron chi connectivity index (χ4n) is 2.38. The van der Waals surface area contributed by atoms with E-state index in [1.54, 1.807) is 6.92 Å². The van der Waals surface area contributed by atoms with Gasteiger partial charge in [-0.15, -0.1) is 5.10 Å². The molecule has 0 spiro atoms. The van der Waals surface area contributed by atoms with Gasteiger partial charge in [0.2, 0.25) is 11.1 Å². The number of isocyanates is 1. The van der Waals surface area contributed by atoms with Gasteiger partial charge < -0.3 is 0 Å². The van der Waals surface area contributed by atoms with E-state index in [2.05, 4.69) is 31.2 Å². The van der Waals surface area contributed by atoms with Gasteiger partial charge in [0.25, 0.3) is 10.0 Å². The third-order valence-corrected chi connectivity index (χ3v) is 6.22. The number of piperidine rings is 1. The maximum Gasteiger partial charge on any atom is 0.263 e. The average Bonchev–Trinajstić information content (AvgIpc) is 2.69. The molecule has 0 aromatic carbocycles. The molecule has 0 aliphatic carbocycles. The summed E-state index contributed by atoms with van der Waals surface area (Å²) in [6.07, 6.45) is 2.53. The van der Waals surface area contributed by atoms with Crippen LogP contribution in [0.3, 0.4) is 0 Å². The number of carbonyl (C=O) groups excluding carboxylic acids is 1. The van der Waals surface area contributed by atoms with Crippen LogP contribution in [0, 0.1) is 0 Å². The van der Waals surface area contributed by atoms with E-state index >= 15 is 0 Å². The van der Waals surface area contributed by atoms with Crippen LogP contribution in [0.4, 0.5) is 0 Å². The molecule has 20 heavy (non-hydrogen) atoms. The van der Waals surface area contributed by atoms with E-state index in [1.165, 1.54) is 22.1 Å². The van der Waals surface area contributed by atoms with Gasteiger partial charge in [-0.3, -0.25) is 0 Å². The molecule has 1 aromatic heterocycles. The van der Waals surface area contributed by atoms with Crippen LogP contribution in [0.25, 0.3) is 0 Å².